The molecule has 3 rings (SSSR count). The number of nitrogens with zero attached hydrogens (tertiary/aromatic N) is 1. The Morgan fingerprint density at radius 1 is 1.11 bits per heavy atom. The zero-order chi connectivity index (χ0) is 13.2. The molecule has 2 aromatic heterocycles. The SMILES string of the molecule is CS(=O)c1nc(-c2cccs2)c(-c2ccccc2)s1. The molecule has 0 radical (unpaired) electrons. The van der Waals surface area contributed by atoms with E-state index >= 15 is 0 Å². The van der Waals surface area contributed by atoms with Crippen molar-refractivity contribution in [3.63, 3.8) is 0 Å². The van der Waals surface area contributed by atoms with Crippen LogP contribution in [0.1, 0.15) is 0 Å². The van der Waals surface area contributed by atoms with E-state index < -0.39 is 10.8 Å². The van der Waals surface area contributed by atoms with Crippen molar-refractivity contribution >= 4 is 33.5 Å². The minimum Gasteiger partial charge on any atom is -0.252 e. The Morgan fingerprint density at radius 2 is 1.89 bits per heavy atom. The second kappa shape index (κ2) is 5.36. The highest BCUT2D eigenvalue weighted by Gasteiger charge is 2.16. The summed E-state index contributed by atoms with van der Waals surface area (Å²) in [6.07, 6.45) is 1.67. The minimum atomic E-state index is -1.04. The molecule has 19 heavy (non-hydrogen) atoms. The molecule has 1 unspecified atom stereocenters. The maximum absolute atomic E-state index is 11.7. The van der Waals surface area contributed by atoms with Gasteiger partial charge in [0.05, 0.1) is 20.6 Å². The zero-order valence-corrected chi connectivity index (χ0v) is 12.6. The Kier molecular flexibility index (Phi) is 3.59. The lowest BCUT2D eigenvalue weighted by molar-refractivity contribution is 0.686. The highest BCUT2D eigenvalue weighted by atomic mass is 32.2. The molecule has 0 aliphatic rings. The second-order valence-corrected chi connectivity index (χ2v) is 7.46. The highest BCUT2D eigenvalue weighted by Crippen LogP contribution is 2.39. The molecule has 0 N–H and O–H groups in total. The summed E-state index contributed by atoms with van der Waals surface area (Å²) >= 11 is 3.17. The highest BCUT2D eigenvalue weighted by molar-refractivity contribution is 7.86. The molecular formula is C14H11NOS3. The molecule has 0 bridgehead atoms. The van der Waals surface area contributed by atoms with Gasteiger partial charge in [0, 0.05) is 6.26 Å². The fraction of sp³-hybridized carbons (Fsp3) is 0.0714. The Morgan fingerprint density at radius 3 is 2.53 bits per heavy atom. The zero-order valence-electron chi connectivity index (χ0n) is 10.2. The van der Waals surface area contributed by atoms with Crippen LogP contribution >= 0.6 is 22.7 Å². The summed E-state index contributed by atoms with van der Waals surface area (Å²) in [5, 5.41) is 2.03. The van der Waals surface area contributed by atoms with Gasteiger partial charge in [0.25, 0.3) is 0 Å². The van der Waals surface area contributed by atoms with Gasteiger partial charge in [0.2, 0.25) is 0 Å². The van der Waals surface area contributed by atoms with Crippen LogP contribution in [0.4, 0.5) is 0 Å². The predicted octanol–water partition coefficient (Wildman–Crippen LogP) is 4.28. The van der Waals surface area contributed by atoms with Crippen molar-refractivity contribution in [1.29, 1.82) is 0 Å². The fourth-order valence-corrected chi connectivity index (χ4v) is 4.33. The monoisotopic (exact) mass is 305 g/mol. The van der Waals surface area contributed by atoms with Gasteiger partial charge in [-0.1, -0.05) is 36.4 Å². The van der Waals surface area contributed by atoms with Gasteiger partial charge in [0.15, 0.2) is 4.34 Å². The van der Waals surface area contributed by atoms with Crippen molar-refractivity contribution in [3.05, 3.63) is 47.8 Å². The fourth-order valence-electron chi connectivity index (χ4n) is 1.79. The van der Waals surface area contributed by atoms with Gasteiger partial charge < -0.3 is 0 Å². The largest absolute Gasteiger partial charge is 0.252 e. The molecule has 0 saturated heterocycles. The van der Waals surface area contributed by atoms with E-state index in [4.69, 9.17) is 0 Å². The van der Waals surface area contributed by atoms with E-state index in [-0.39, 0.29) is 0 Å². The number of hydrogen-bond donors (Lipinski definition) is 0. The first kappa shape index (κ1) is 12.7. The number of rotatable bonds is 3. The van der Waals surface area contributed by atoms with Gasteiger partial charge in [-0.25, -0.2) is 4.98 Å². The molecule has 96 valence electrons. The quantitative estimate of drug-likeness (QED) is 0.723. The van der Waals surface area contributed by atoms with Crippen molar-refractivity contribution in [1.82, 2.24) is 4.98 Å². The van der Waals surface area contributed by atoms with Gasteiger partial charge in [-0.2, -0.15) is 0 Å². The van der Waals surface area contributed by atoms with Crippen molar-refractivity contribution in [2.45, 2.75) is 4.34 Å². The maximum atomic E-state index is 11.7. The molecule has 5 heteroatoms. The Hall–Kier alpha value is -1.30. The number of aromatic nitrogens is 1. The van der Waals surface area contributed by atoms with E-state index in [1.165, 1.54) is 11.3 Å². The van der Waals surface area contributed by atoms with Crippen LogP contribution in [0.25, 0.3) is 21.0 Å². The van der Waals surface area contributed by atoms with Crippen molar-refractivity contribution < 1.29 is 4.21 Å². The molecule has 1 aromatic carbocycles. The average Bonchev–Trinajstić information content (AvgIpc) is 3.08. The van der Waals surface area contributed by atoms with Crippen LogP contribution in [0.15, 0.2) is 52.2 Å². The molecular weight excluding hydrogens is 294 g/mol. The van der Waals surface area contributed by atoms with E-state index in [0.717, 1.165) is 21.0 Å². The summed E-state index contributed by atoms with van der Waals surface area (Å²) in [4.78, 5) is 6.77. The van der Waals surface area contributed by atoms with E-state index in [1.807, 2.05) is 29.6 Å². The summed E-state index contributed by atoms with van der Waals surface area (Å²) in [6, 6.07) is 14.2. The summed E-state index contributed by atoms with van der Waals surface area (Å²) in [5.41, 5.74) is 2.07. The van der Waals surface area contributed by atoms with Crippen LogP contribution in [0, 0.1) is 0 Å². The molecule has 2 heterocycles. The number of thiophene rings is 1. The maximum Gasteiger partial charge on any atom is 0.181 e. The Balaban J connectivity index is 2.20. The van der Waals surface area contributed by atoms with Crippen molar-refractivity contribution in [3.8, 4) is 21.0 Å². The molecule has 0 amide bonds. The Bertz CT molecular complexity index is 702. The number of thiazole rings is 1. The first-order valence-electron chi connectivity index (χ1n) is 5.69. The lowest BCUT2D eigenvalue weighted by Crippen LogP contribution is -1.84. The first-order valence-corrected chi connectivity index (χ1v) is 8.94. The third-order valence-corrected chi connectivity index (χ3v) is 5.96. The molecule has 3 aromatic rings. The van der Waals surface area contributed by atoms with Gasteiger partial charge in [-0.05, 0) is 17.0 Å². The lowest BCUT2D eigenvalue weighted by atomic mass is 10.1. The van der Waals surface area contributed by atoms with Crippen LogP contribution in [-0.4, -0.2) is 15.4 Å². The van der Waals surface area contributed by atoms with E-state index in [9.17, 15) is 4.21 Å². The van der Waals surface area contributed by atoms with E-state index in [0.29, 0.717) is 4.34 Å². The summed E-state index contributed by atoms with van der Waals surface area (Å²) in [7, 11) is -1.04. The summed E-state index contributed by atoms with van der Waals surface area (Å²) in [5.74, 6) is 0. The molecule has 0 aliphatic heterocycles. The molecule has 2 nitrogen and oxygen atoms in total. The predicted molar refractivity (Wildman–Crippen MR) is 83.2 cm³/mol. The normalized spacial score (nSPS) is 12.5. The van der Waals surface area contributed by atoms with Gasteiger partial charge >= 0.3 is 0 Å². The van der Waals surface area contributed by atoms with Crippen LogP contribution in [-0.2, 0) is 10.8 Å². The lowest BCUT2D eigenvalue weighted by Gasteiger charge is -1.99. The summed E-state index contributed by atoms with van der Waals surface area (Å²) < 4.78 is 12.4. The van der Waals surface area contributed by atoms with Crippen molar-refractivity contribution in [2.75, 3.05) is 6.26 Å². The second-order valence-electron chi connectivity index (χ2n) is 3.95. The first-order chi connectivity index (χ1) is 9.25. The standard InChI is InChI=1S/C14H11NOS3/c1-19(16)14-15-12(11-8-5-9-17-11)13(18-14)10-6-3-2-4-7-10/h2-9H,1H3. The van der Waals surface area contributed by atoms with Gasteiger partial charge in [-0.15, -0.1) is 22.7 Å². The average molecular weight is 305 g/mol. The third-order valence-electron chi connectivity index (χ3n) is 2.64. The molecule has 1 atom stereocenters. The van der Waals surface area contributed by atoms with E-state index in [2.05, 4.69) is 23.2 Å². The van der Waals surface area contributed by atoms with Gasteiger partial charge in [-0.3, -0.25) is 4.21 Å². The molecule has 0 fully saturated rings. The van der Waals surface area contributed by atoms with Gasteiger partial charge in [0.1, 0.15) is 5.69 Å². The smallest absolute Gasteiger partial charge is 0.181 e. The molecule has 0 aliphatic carbocycles. The topological polar surface area (TPSA) is 30.0 Å². The number of hydrogen-bond acceptors (Lipinski definition) is 4. The van der Waals surface area contributed by atoms with E-state index in [1.54, 1.807) is 17.6 Å². The molecule has 0 saturated carbocycles. The minimum absolute atomic E-state index is 0.683. The van der Waals surface area contributed by atoms with Crippen LogP contribution in [0.2, 0.25) is 0 Å². The Labute approximate surface area is 122 Å². The van der Waals surface area contributed by atoms with Crippen molar-refractivity contribution in [2.24, 2.45) is 0 Å². The van der Waals surface area contributed by atoms with Crippen LogP contribution in [0.5, 0.6) is 0 Å². The summed E-state index contributed by atoms with van der Waals surface area (Å²) in [6.45, 7) is 0. The molecule has 0 spiro atoms. The van der Waals surface area contributed by atoms with Crippen LogP contribution in [0.3, 0.4) is 0 Å². The third kappa shape index (κ3) is 2.54. The van der Waals surface area contributed by atoms with Crippen LogP contribution < -0.4 is 0 Å². The number of benzene rings is 1.